The molecule has 0 N–H and O–H groups in total. The molecule has 1 rings (SSSR count). The first kappa shape index (κ1) is 16.3. The molecule has 0 atom stereocenters. The predicted molar refractivity (Wildman–Crippen MR) is 81.1 cm³/mol. The van der Waals surface area contributed by atoms with E-state index in [4.69, 9.17) is 9.47 Å². The van der Waals surface area contributed by atoms with Crippen LogP contribution in [0.3, 0.4) is 0 Å². The van der Waals surface area contributed by atoms with Crippen molar-refractivity contribution in [1.82, 2.24) is 0 Å². The smallest absolute Gasteiger partial charge is 0.336 e. The van der Waals surface area contributed by atoms with Crippen LogP contribution in [0.2, 0.25) is 0 Å². The Kier molecular flexibility index (Phi) is 5.37. The van der Waals surface area contributed by atoms with Crippen molar-refractivity contribution in [2.75, 3.05) is 13.2 Å². The molecule has 3 heteroatoms. The predicted octanol–water partition coefficient (Wildman–Crippen LogP) is 3.79. The van der Waals surface area contributed by atoms with Crippen LogP contribution in [0.4, 0.5) is 0 Å². The van der Waals surface area contributed by atoms with Gasteiger partial charge < -0.3 is 9.47 Å². The molecule has 0 bridgehead atoms. The molecule has 0 fully saturated rings. The van der Waals surface area contributed by atoms with Crippen LogP contribution in [0.5, 0.6) is 5.75 Å². The Hall–Kier alpha value is -1.77. The first-order valence-corrected chi connectivity index (χ1v) is 6.84. The lowest BCUT2D eigenvalue weighted by Crippen LogP contribution is -2.14. The summed E-state index contributed by atoms with van der Waals surface area (Å²) in [5, 5.41) is 0. The van der Waals surface area contributed by atoms with E-state index in [1.807, 2.05) is 13.0 Å². The van der Waals surface area contributed by atoms with Gasteiger partial charge in [0.25, 0.3) is 0 Å². The van der Waals surface area contributed by atoms with Gasteiger partial charge in [0.1, 0.15) is 12.4 Å². The summed E-state index contributed by atoms with van der Waals surface area (Å²) in [6, 6.07) is 6.10. The first-order valence-electron chi connectivity index (χ1n) is 6.84. The average Bonchev–Trinajstić information content (AvgIpc) is 2.36. The molecule has 0 heterocycles. The number of rotatable bonds is 5. The normalized spacial score (nSPS) is 11.1. The van der Waals surface area contributed by atoms with Crippen molar-refractivity contribution < 1.29 is 14.3 Å². The molecule has 0 aliphatic rings. The maximum atomic E-state index is 11.4. The fourth-order valence-corrected chi connectivity index (χ4v) is 1.73. The zero-order valence-electron chi connectivity index (χ0n) is 13.1. The van der Waals surface area contributed by atoms with Crippen LogP contribution in [0, 0.1) is 6.92 Å². The lowest BCUT2D eigenvalue weighted by molar-refractivity contribution is -0.138. The van der Waals surface area contributed by atoms with Crippen LogP contribution in [0.1, 0.15) is 38.8 Å². The van der Waals surface area contributed by atoms with Crippen molar-refractivity contribution in [2.24, 2.45) is 0 Å². The second kappa shape index (κ2) is 6.60. The summed E-state index contributed by atoms with van der Waals surface area (Å²) in [7, 11) is 0. The highest BCUT2D eigenvalue weighted by molar-refractivity contribution is 5.88. The van der Waals surface area contributed by atoms with Crippen LogP contribution >= 0.6 is 0 Å². The van der Waals surface area contributed by atoms with E-state index in [9.17, 15) is 4.79 Å². The van der Waals surface area contributed by atoms with Gasteiger partial charge in [-0.05, 0) is 36.5 Å². The van der Waals surface area contributed by atoms with Gasteiger partial charge in [-0.1, -0.05) is 39.5 Å². The Labute approximate surface area is 121 Å². The Morgan fingerprint density at radius 2 is 1.95 bits per heavy atom. The number of hydrogen-bond acceptors (Lipinski definition) is 3. The van der Waals surface area contributed by atoms with Gasteiger partial charge >= 0.3 is 5.97 Å². The summed E-state index contributed by atoms with van der Waals surface area (Å²) >= 11 is 0. The Bertz CT molecular complexity index is 495. The van der Waals surface area contributed by atoms with E-state index in [2.05, 4.69) is 39.5 Å². The minimum absolute atomic E-state index is 0.109. The average molecular weight is 276 g/mol. The number of ether oxygens (including phenoxy) is 2. The number of aryl methyl sites for hydroxylation is 1. The third-order valence-corrected chi connectivity index (χ3v) is 3.01. The Morgan fingerprint density at radius 1 is 1.30 bits per heavy atom. The summed E-state index contributed by atoms with van der Waals surface area (Å²) in [4.78, 5) is 11.4. The maximum Gasteiger partial charge on any atom is 0.336 e. The highest BCUT2D eigenvalue weighted by Crippen LogP contribution is 2.27. The van der Waals surface area contributed by atoms with Gasteiger partial charge in [-0.2, -0.15) is 0 Å². The van der Waals surface area contributed by atoms with Crippen molar-refractivity contribution in [3.63, 3.8) is 0 Å². The van der Waals surface area contributed by atoms with Crippen molar-refractivity contribution in [3.05, 3.63) is 41.5 Å². The van der Waals surface area contributed by atoms with E-state index in [0.717, 1.165) is 11.3 Å². The second-order valence-corrected chi connectivity index (χ2v) is 5.84. The summed E-state index contributed by atoms with van der Waals surface area (Å²) in [5.74, 6) is 0.361. The van der Waals surface area contributed by atoms with Gasteiger partial charge in [0.15, 0.2) is 0 Å². The number of carbonyl (C=O) groups is 1. The number of hydrogen-bond donors (Lipinski definition) is 0. The van der Waals surface area contributed by atoms with E-state index < -0.39 is 5.97 Å². The molecule has 0 spiro atoms. The Balaban J connectivity index is 2.70. The molecule has 1 aromatic rings. The molecule has 0 aliphatic heterocycles. The van der Waals surface area contributed by atoms with Crippen LogP contribution in [0.15, 0.2) is 30.4 Å². The van der Waals surface area contributed by atoms with Gasteiger partial charge in [-0.3, -0.25) is 0 Å². The van der Waals surface area contributed by atoms with E-state index >= 15 is 0 Å². The van der Waals surface area contributed by atoms with Crippen LogP contribution in [0.25, 0.3) is 0 Å². The lowest BCUT2D eigenvalue weighted by Gasteiger charge is -2.20. The molecule has 0 radical (unpaired) electrons. The summed E-state index contributed by atoms with van der Waals surface area (Å²) in [6.45, 7) is 14.4. The quantitative estimate of drug-likeness (QED) is 0.606. The van der Waals surface area contributed by atoms with Gasteiger partial charge in [-0.15, -0.1) is 0 Å². The third kappa shape index (κ3) is 4.41. The molecule has 0 unspecified atom stereocenters. The topological polar surface area (TPSA) is 35.5 Å². The van der Waals surface area contributed by atoms with E-state index in [-0.39, 0.29) is 12.0 Å². The van der Waals surface area contributed by atoms with Gasteiger partial charge in [0, 0.05) is 0 Å². The van der Waals surface area contributed by atoms with Crippen LogP contribution in [-0.4, -0.2) is 19.2 Å². The highest BCUT2D eigenvalue weighted by Gasteiger charge is 2.15. The van der Waals surface area contributed by atoms with E-state index in [1.54, 1.807) is 6.92 Å². The highest BCUT2D eigenvalue weighted by atomic mass is 16.5. The number of esters is 1. The summed E-state index contributed by atoms with van der Waals surface area (Å²) < 4.78 is 10.5. The number of benzene rings is 1. The molecule has 1 aromatic carbocycles. The number of carbonyl (C=O) groups excluding carboxylic acids is 1. The first-order chi connectivity index (χ1) is 9.25. The Morgan fingerprint density at radius 3 is 2.45 bits per heavy atom. The largest absolute Gasteiger partial charge is 0.488 e. The molecule has 110 valence electrons. The van der Waals surface area contributed by atoms with Crippen LogP contribution < -0.4 is 4.74 Å². The van der Waals surface area contributed by atoms with Crippen molar-refractivity contribution in [1.29, 1.82) is 0 Å². The molecule has 0 amide bonds. The van der Waals surface area contributed by atoms with Crippen LogP contribution in [-0.2, 0) is 14.9 Å². The van der Waals surface area contributed by atoms with Gasteiger partial charge in [-0.25, -0.2) is 4.79 Å². The van der Waals surface area contributed by atoms with Crippen molar-refractivity contribution in [2.45, 2.75) is 40.0 Å². The van der Waals surface area contributed by atoms with E-state index in [1.165, 1.54) is 5.56 Å². The summed E-state index contributed by atoms with van der Waals surface area (Å²) in [5.41, 5.74) is 2.74. The van der Waals surface area contributed by atoms with Crippen molar-refractivity contribution >= 4 is 5.97 Å². The third-order valence-electron chi connectivity index (χ3n) is 3.01. The molecular weight excluding hydrogens is 252 g/mol. The fourth-order valence-electron chi connectivity index (χ4n) is 1.73. The molecule has 0 saturated carbocycles. The molecule has 3 nitrogen and oxygen atoms in total. The standard InChI is InChI=1S/C17H24O3/c1-7-19-16(18)13(3)11-20-15-9-8-14(10-12(15)2)17(4,5)6/h8-10H,3,7,11H2,1-2,4-6H3. The minimum Gasteiger partial charge on any atom is -0.488 e. The lowest BCUT2D eigenvalue weighted by atomic mass is 9.86. The molecule has 0 saturated heterocycles. The zero-order chi connectivity index (χ0) is 15.3. The molecular formula is C17H24O3. The summed E-state index contributed by atoms with van der Waals surface area (Å²) in [6.07, 6.45) is 0. The van der Waals surface area contributed by atoms with E-state index in [0.29, 0.717) is 12.2 Å². The fraction of sp³-hybridized carbons (Fsp3) is 0.471. The molecule has 0 aliphatic carbocycles. The molecule has 0 aromatic heterocycles. The zero-order valence-corrected chi connectivity index (χ0v) is 13.1. The SMILES string of the molecule is C=C(COc1ccc(C(C)(C)C)cc1C)C(=O)OCC. The van der Waals surface area contributed by atoms with Gasteiger partial charge in [0.05, 0.1) is 12.2 Å². The maximum absolute atomic E-state index is 11.4. The van der Waals surface area contributed by atoms with Crippen molar-refractivity contribution in [3.8, 4) is 5.75 Å². The second-order valence-electron chi connectivity index (χ2n) is 5.84. The minimum atomic E-state index is -0.406. The monoisotopic (exact) mass is 276 g/mol. The van der Waals surface area contributed by atoms with Gasteiger partial charge in [0.2, 0.25) is 0 Å². The molecule has 20 heavy (non-hydrogen) atoms.